The summed E-state index contributed by atoms with van der Waals surface area (Å²) < 4.78 is 0. The molecule has 1 aromatic heterocycles. The average Bonchev–Trinajstić information content (AvgIpc) is 2.86. The summed E-state index contributed by atoms with van der Waals surface area (Å²) in [4.78, 5) is 17.1. The van der Waals surface area contributed by atoms with Crippen LogP contribution in [0.4, 0.5) is 5.82 Å². The van der Waals surface area contributed by atoms with Crippen molar-refractivity contribution >= 4 is 17.9 Å². The highest BCUT2D eigenvalue weighted by molar-refractivity contribution is 5.85. The molecule has 1 unspecified atom stereocenters. The van der Waals surface area contributed by atoms with E-state index in [0.717, 1.165) is 36.5 Å². The van der Waals surface area contributed by atoms with E-state index >= 15 is 0 Å². The summed E-state index contributed by atoms with van der Waals surface area (Å²) in [6.07, 6.45) is 5.62. The Bertz CT molecular complexity index is 466. The predicted molar refractivity (Wildman–Crippen MR) is 76.1 cm³/mol. The van der Waals surface area contributed by atoms with Gasteiger partial charge in [-0.05, 0) is 42.0 Å². The molecular formula is C15H20N2O2. The normalized spacial score (nSPS) is 19.5. The van der Waals surface area contributed by atoms with Gasteiger partial charge in [-0.2, -0.15) is 0 Å². The third-order valence-corrected chi connectivity index (χ3v) is 3.68. The number of carboxylic acid groups (broad SMARTS) is 1. The number of aliphatic carboxylic acids is 1. The summed E-state index contributed by atoms with van der Waals surface area (Å²) in [7, 11) is 0. The van der Waals surface area contributed by atoms with Crippen molar-refractivity contribution < 1.29 is 9.90 Å². The smallest absolute Gasteiger partial charge is 0.328 e. The number of pyridine rings is 1. The van der Waals surface area contributed by atoms with Crippen molar-refractivity contribution in [1.82, 2.24) is 4.98 Å². The van der Waals surface area contributed by atoms with Crippen molar-refractivity contribution in [2.75, 3.05) is 18.0 Å². The number of rotatable bonds is 4. The van der Waals surface area contributed by atoms with E-state index in [-0.39, 0.29) is 0 Å². The zero-order valence-electron chi connectivity index (χ0n) is 11.4. The summed E-state index contributed by atoms with van der Waals surface area (Å²) >= 11 is 0. The summed E-state index contributed by atoms with van der Waals surface area (Å²) in [6, 6.07) is 3.87. The molecule has 0 amide bonds. The Labute approximate surface area is 113 Å². The van der Waals surface area contributed by atoms with Gasteiger partial charge in [0.15, 0.2) is 0 Å². The van der Waals surface area contributed by atoms with E-state index in [0.29, 0.717) is 5.92 Å². The number of hydrogen-bond donors (Lipinski definition) is 1. The van der Waals surface area contributed by atoms with E-state index < -0.39 is 5.97 Å². The standard InChI is InChI=1S/C15H20N2O2/c1-11(2)13-7-8-17(10-13)14-5-3-12(9-16-14)4-6-15(18)19/h3-6,9,11,13H,7-8,10H2,1-2H3,(H,18,19)/b6-4+. The van der Waals surface area contributed by atoms with Crippen LogP contribution in [0, 0.1) is 11.8 Å². The van der Waals surface area contributed by atoms with Crippen LogP contribution in [0.3, 0.4) is 0 Å². The number of aromatic nitrogens is 1. The third kappa shape index (κ3) is 3.56. The number of carbonyl (C=O) groups is 1. The largest absolute Gasteiger partial charge is 0.478 e. The Morgan fingerprint density at radius 3 is 2.84 bits per heavy atom. The van der Waals surface area contributed by atoms with Gasteiger partial charge in [0, 0.05) is 25.4 Å². The number of carboxylic acids is 1. The molecule has 1 N–H and O–H groups in total. The van der Waals surface area contributed by atoms with Crippen LogP contribution in [0.15, 0.2) is 24.4 Å². The molecule has 1 fully saturated rings. The summed E-state index contributed by atoms with van der Waals surface area (Å²) in [5, 5.41) is 8.57. The molecule has 2 heterocycles. The molecular weight excluding hydrogens is 240 g/mol. The van der Waals surface area contributed by atoms with Crippen LogP contribution in [-0.2, 0) is 4.79 Å². The lowest BCUT2D eigenvalue weighted by molar-refractivity contribution is -0.131. The fourth-order valence-electron chi connectivity index (χ4n) is 2.39. The minimum atomic E-state index is -0.941. The van der Waals surface area contributed by atoms with Gasteiger partial charge in [-0.3, -0.25) is 0 Å². The van der Waals surface area contributed by atoms with E-state index in [1.807, 2.05) is 12.1 Å². The average molecular weight is 260 g/mol. The Kier molecular flexibility index (Phi) is 4.20. The van der Waals surface area contributed by atoms with Gasteiger partial charge in [-0.25, -0.2) is 9.78 Å². The Hall–Kier alpha value is -1.84. The molecule has 4 nitrogen and oxygen atoms in total. The lowest BCUT2D eigenvalue weighted by atomic mass is 9.95. The van der Waals surface area contributed by atoms with Gasteiger partial charge in [0.2, 0.25) is 0 Å². The van der Waals surface area contributed by atoms with E-state index in [1.165, 1.54) is 6.42 Å². The Morgan fingerprint density at radius 2 is 2.32 bits per heavy atom. The van der Waals surface area contributed by atoms with Crippen molar-refractivity contribution in [3.8, 4) is 0 Å². The molecule has 0 spiro atoms. The van der Waals surface area contributed by atoms with Crippen LogP contribution >= 0.6 is 0 Å². The monoisotopic (exact) mass is 260 g/mol. The second kappa shape index (κ2) is 5.87. The molecule has 0 bridgehead atoms. The number of hydrogen-bond acceptors (Lipinski definition) is 3. The highest BCUT2D eigenvalue weighted by atomic mass is 16.4. The third-order valence-electron chi connectivity index (χ3n) is 3.68. The van der Waals surface area contributed by atoms with Crippen LogP contribution in [0.2, 0.25) is 0 Å². The lowest BCUT2D eigenvalue weighted by Gasteiger charge is -2.18. The zero-order chi connectivity index (χ0) is 13.8. The molecule has 1 aliphatic rings. The molecule has 0 radical (unpaired) electrons. The molecule has 1 atom stereocenters. The quantitative estimate of drug-likeness (QED) is 0.846. The lowest BCUT2D eigenvalue weighted by Crippen LogP contribution is -2.22. The van der Waals surface area contributed by atoms with E-state index in [1.54, 1.807) is 12.3 Å². The van der Waals surface area contributed by atoms with Crippen molar-refractivity contribution in [2.24, 2.45) is 11.8 Å². The molecule has 1 aromatic rings. The van der Waals surface area contributed by atoms with Gasteiger partial charge in [0.05, 0.1) is 0 Å². The molecule has 19 heavy (non-hydrogen) atoms. The van der Waals surface area contributed by atoms with Crippen molar-refractivity contribution in [3.63, 3.8) is 0 Å². The van der Waals surface area contributed by atoms with Crippen molar-refractivity contribution in [3.05, 3.63) is 30.0 Å². The first-order valence-corrected chi connectivity index (χ1v) is 6.68. The summed E-state index contributed by atoms with van der Waals surface area (Å²) in [5.41, 5.74) is 0.811. The zero-order valence-corrected chi connectivity index (χ0v) is 11.4. The first kappa shape index (κ1) is 13.6. The van der Waals surface area contributed by atoms with Crippen LogP contribution < -0.4 is 4.90 Å². The van der Waals surface area contributed by atoms with E-state index in [9.17, 15) is 4.79 Å². The van der Waals surface area contributed by atoms with Gasteiger partial charge < -0.3 is 10.0 Å². The van der Waals surface area contributed by atoms with Gasteiger partial charge in [0.1, 0.15) is 5.82 Å². The fourth-order valence-corrected chi connectivity index (χ4v) is 2.39. The van der Waals surface area contributed by atoms with Crippen LogP contribution in [-0.4, -0.2) is 29.1 Å². The number of anilines is 1. The maximum atomic E-state index is 10.4. The van der Waals surface area contributed by atoms with E-state index in [4.69, 9.17) is 5.11 Å². The first-order valence-electron chi connectivity index (χ1n) is 6.68. The maximum absolute atomic E-state index is 10.4. The Balaban J connectivity index is 2.01. The molecule has 0 aromatic carbocycles. The first-order chi connectivity index (χ1) is 9.06. The van der Waals surface area contributed by atoms with Crippen molar-refractivity contribution in [1.29, 1.82) is 0 Å². The van der Waals surface area contributed by atoms with E-state index in [2.05, 4.69) is 23.7 Å². The second-order valence-corrected chi connectivity index (χ2v) is 5.36. The molecule has 0 saturated carbocycles. The topological polar surface area (TPSA) is 53.4 Å². The number of nitrogens with zero attached hydrogens (tertiary/aromatic N) is 2. The Morgan fingerprint density at radius 1 is 1.53 bits per heavy atom. The maximum Gasteiger partial charge on any atom is 0.328 e. The molecule has 102 valence electrons. The van der Waals surface area contributed by atoms with Crippen LogP contribution in [0.1, 0.15) is 25.8 Å². The van der Waals surface area contributed by atoms with Gasteiger partial charge in [-0.1, -0.05) is 13.8 Å². The van der Waals surface area contributed by atoms with Gasteiger partial charge in [-0.15, -0.1) is 0 Å². The minimum absolute atomic E-state index is 0.711. The van der Waals surface area contributed by atoms with Crippen LogP contribution in [0.5, 0.6) is 0 Å². The predicted octanol–water partition coefficient (Wildman–Crippen LogP) is 2.66. The van der Waals surface area contributed by atoms with Crippen molar-refractivity contribution in [2.45, 2.75) is 20.3 Å². The molecule has 1 saturated heterocycles. The molecule has 2 rings (SSSR count). The highest BCUT2D eigenvalue weighted by Gasteiger charge is 2.25. The molecule has 4 heteroatoms. The molecule has 1 aliphatic heterocycles. The second-order valence-electron chi connectivity index (χ2n) is 5.36. The van der Waals surface area contributed by atoms with Gasteiger partial charge >= 0.3 is 5.97 Å². The highest BCUT2D eigenvalue weighted by Crippen LogP contribution is 2.27. The summed E-state index contributed by atoms with van der Waals surface area (Å²) in [6.45, 7) is 6.65. The van der Waals surface area contributed by atoms with Gasteiger partial charge in [0.25, 0.3) is 0 Å². The fraction of sp³-hybridized carbons (Fsp3) is 0.467. The SMILES string of the molecule is CC(C)C1CCN(c2ccc(/C=C/C(=O)O)cn2)C1. The molecule has 0 aliphatic carbocycles. The summed E-state index contributed by atoms with van der Waals surface area (Å²) in [5.74, 6) is 1.50. The van der Waals surface area contributed by atoms with Crippen LogP contribution in [0.25, 0.3) is 6.08 Å². The minimum Gasteiger partial charge on any atom is -0.478 e.